The van der Waals surface area contributed by atoms with Gasteiger partial charge in [0.25, 0.3) is 0 Å². The molecule has 0 saturated carbocycles. The van der Waals surface area contributed by atoms with E-state index in [0.29, 0.717) is 19.3 Å². The highest BCUT2D eigenvalue weighted by atomic mass is 16.6. The normalized spacial score (nSPS) is 12.6. The standard InChI is InChI=1S/C71H124O6/c1-4-7-10-13-16-19-22-24-26-28-30-31-32-33-34-35-36-37-38-39-41-42-44-46-49-52-55-58-61-64-70(73)76-67-68(66-75-69(72)63-60-57-54-51-48-21-18-15-12-9-6-3)77-71(74)65-62-59-56-53-50-47-45-43-40-29-27-25-23-20-17-14-11-8-5-2/h7,10,16-17,19-20,24-27,30-31,40,43,68H,4-6,8-9,11-15,18,21-23,28-29,32-39,41-42,44-67H2,1-3H3/b10-7-,19-16-,20-17-,26-24-,27-25-,31-30-,43-40-. The molecule has 0 bridgehead atoms. The van der Waals surface area contributed by atoms with E-state index in [1.807, 2.05) is 0 Å². The lowest BCUT2D eigenvalue weighted by Crippen LogP contribution is -2.30. The van der Waals surface area contributed by atoms with Crippen molar-refractivity contribution in [1.29, 1.82) is 0 Å². The monoisotopic (exact) mass is 1070 g/mol. The SMILES string of the molecule is CC/C=C\C/C=C\C/C=C\C/C=C\CCCCCCCCCCCCCCCCCCC(=O)OCC(COC(=O)CCCCCCCCCCCCC)OC(=O)CCCCCCCC/C=C\C/C=C\C/C=C\CCCCC. The van der Waals surface area contributed by atoms with Crippen LogP contribution in [0.15, 0.2) is 85.1 Å². The van der Waals surface area contributed by atoms with Gasteiger partial charge in [0, 0.05) is 19.3 Å². The van der Waals surface area contributed by atoms with Crippen LogP contribution in [0.5, 0.6) is 0 Å². The summed E-state index contributed by atoms with van der Waals surface area (Å²) in [5, 5.41) is 0. The summed E-state index contributed by atoms with van der Waals surface area (Å²) in [4.78, 5) is 38.3. The number of carbonyl (C=O) groups is 3. The maximum atomic E-state index is 12.9. The van der Waals surface area contributed by atoms with E-state index in [1.54, 1.807) is 0 Å². The van der Waals surface area contributed by atoms with E-state index in [0.717, 1.165) is 109 Å². The molecule has 0 amide bonds. The molecule has 1 atom stereocenters. The fourth-order valence-electron chi connectivity index (χ4n) is 9.44. The van der Waals surface area contributed by atoms with Crippen LogP contribution in [0.1, 0.15) is 329 Å². The molecular weight excluding hydrogens is 949 g/mol. The number of ether oxygens (including phenoxy) is 3. The van der Waals surface area contributed by atoms with Gasteiger partial charge >= 0.3 is 17.9 Å². The van der Waals surface area contributed by atoms with Crippen LogP contribution < -0.4 is 0 Å². The molecule has 0 spiro atoms. The minimum absolute atomic E-state index is 0.0776. The minimum atomic E-state index is -0.781. The van der Waals surface area contributed by atoms with Crippen LogP contribution in [0, 0.1) is 0 Å². The van der Waals surface area contributed by atoms with Gasteiger partial charge in [0.05, 0.1) is 0 Å². The first kappa shape index (κ1) is 73.6. The molecule has 6 nitrogen and oxygen atoms in total. The van der Waals surface area contributed by atoms with Gasteiger partial charge in [-0.05, 0) is 96.3 Å². The zero-order chi connectivity index (χ0) is 55.7. The summed E-state index contributed by atoms with van der Waals surface area (Å²) in [5.41, 5.74) is 0. The van der Waals surface area contributed by atoms with Crippen LogP contribution in [0.25, 0.3) is 0 Å². The van der Waals surface area contributed by atoms with Crippen LogP contribution in [0.3, 0.4) is 0 Å². The van der Waals surface area contributed by atoms with Crippen molar-refractivity contribution >= 4 is 17.9 Å². The molecule has 0 aliphatic heterocycles. The Labute approximate surface area is 477 Å². The quantitative estimate of drug-likeness (QED) is 0.0261. The Morgan fingerprint density at radius 1 is 0.273 bits per heavy atom. The number of hydrogen-bond acceptors (Lipinski definition) is 6. The maximum absolute atomic E-state index is 12.9. The largest absolute Gasteiger partial charge is 0.462 e. The van der Waals surface area contributed by atoms with E-state index in [1.165, 1.54) is 180 Å². The average molecular weight is 1070 g/mol. The summed E-state index contributed by atoms with van der Waals surface area (Å²) in [7, 11) is 0. The van der Waals surface area contributed by atoms with Crippen molar-refractivity contribution < 1.29 is 28.6 Å². The van der Waals surface area contributed by atoms with Crippen molar-refractivity contribution in [2.24, 2.45) is 0 Å². The maximum Gasteiger partial charge on any atom is 0.306 e. The molecule has 77 heavy (non-hydrogen) atoms. The molecule has 0 aromatic rings. The first-order valence-electron chi connectivity index (χ1n) is 33.1. The second-order valence-electron chi connectivity index (χ2n) is 22.0. The van der Waals surface area contributed by atoms with Gasteiger partial charge in [-0.15, -0.1) is 0 Å². The van der Waals surface area contributed by atoms with Gasteiger partial charge in [-0.25, -0.2) is 0 Å². The van der Waals surface area contributed by atoms with Crippen LogP contribution in [-0.2, 0) is 28.6 Å². The number of carbonyl (C=O) groups excluding carboxylic acids is 3. The third kappa shape index (κ3) is 63.3. The van der Waals surface area contributed by atoms with Gasteiger partial charge in [-0.1, -0.05) is 298 Å². The number of rotatable bonds is 60. The zero-order valence-corrected chi connectivity index (χ0v) is 51.0. The molecule has 0 aromatic heterocycles. The average Bonchev–Trinajstić information content (AvgIpc) is 3.43. The Morgan fingerprint density at radius 2 is 0.506 bits per heavy atom. The van der Waals surface area contributed by atoms with Crippen LogP contribution >= 0.6 is 0 Å². The van der Waals surface area contributed by atoms with E-state index < -0.39 is 6.10 Å². The predicted octanol–water partition coefficient (Wildman–Crippen LogP) is 22.7. The fourth-order valence-corrected chi connectivity index (χ4v) is 9.44. The summed E-state index contributed by atoms with van der Waals surface area (Å²) in [6.45, 7) is 6.52. The number of hydrogen-bond donors (Lipinski definition) is 0. The van der Waals surface area contributed by atoms with Crippen molar-refractivity contribution in [3.05, 3.63) is 85.1 Å². The van der Waals surface area contributed by atoms with E-state index in [4.69, 9.17) is 14.2 Å². The molecule has 444 valence electrons. The summed E-state index contributed by atoms with van der Waals surface area (Å²) in [6, 6.07) is 0. The second-order valence-corrected chi connectivity index (χ2v) is 22.0. The second kappa shape index (κ2) is 65.1. The zero-order valence-electron chi connectivity index (χ0n) is 51.0. The third-order valence-corrected chi connectivity index (χ3v) is 14.4. The molecule has 6 heteroatoms. The van der Waals surface area contributed by atoms with Crippen molar-refractivity contribution in [3.8, 4) is 0 Å². The minimum Gasteiger partial charge on any atom is -0.462 e. The molecule has 0 aliphatic carbocycles. The van der Waals surface area contributed by atoms with Crippen molar-refractivity contribution in [2.45, 2.75) is 335 Å². The Hall–Kier alpha value is -3.41. The van der Waals surface area contributed by atoms with Crippen LogP contribution in [0.4, 0.5) is 0 Å². The lowest BCUT2D eigenvalue weighted by Gasteiger charge is -2.18. The number of unbranched alkanes of at least 4 members (excludes halogenated alkanes) is 35. The van der Waals surface area contributed by atoms with Crippen molar-refractivity contribution in [3.63, 3.8) is 0 Å². The van der Waals surface area contributed by atoms with E-state index in [2.05, 4.69) is 106 Å². The summed E-state index contributed by atoms with van der Waals surface area (Å²) < 4.78 is 16.9. The summed E-state index contributed by atoms with van der Waals surface area (Å²) >= 11 is 0. The van der Waals surface area contributed by atoms with Gasteiger partial charge in [-0.3, -0.25) is 14.4 Å². The molecule has 0 saturated heterocycles. The third-order valence-electron chi connectivity index (χ3n) is 14.4. The van der Waals surface area contributed by atoms with Gasteiger partial charge in [0.1, 0.15) is 13.2 Å². The Kier molecular flexibility index (Phi) is 62.2. The topological polar surface area (TPSA) is 78.9 Å². The highest BCUT2D eigenvalue weighted by Crippen LogP contribution is 2.17. The van der Waals surface area contributed by atoms with Gasteiger partial charge < -0.3 is 14.2 Å². The predicted molar refractivity (Wildman–Crippen MR) is 334 cm³/mol. The Balaban J connectivity index is 4.21. The summed E-state index contributed by atoms with van der Waals surface area (Å²) in [5.74, 6) is -0.876. The molecule has 0 aliphatic rings. The smallest absolute Gasteiger partial charge is 0.306 e. The van der Waals surface area contributed by atoms with E-state index in [9.17, 15) is 14.4 Å². The number of esters is 3. The van der Waals surface area contributed by atoms with Gasteiger partial charge in [-0.2, -0.15) is 0 Å². The molecule has 0 aromatic carbocycles. The Bertz CT molecular complexity index is 1470. The molecule has 0 radical (unpaired) electrons. The first-order valence-corrected chi connectivity index (χ1v) is 33.1. The van der Waals surface area contributed by atoms with E-state index >= 15 is 0 Å². The molecular formula is C71H124O6. The van der Waals surface area contributed by atoms with E-state index in [-0.39, 0.29) is 31.1 Å². The molecule has 0 fully saturated rings. The van der Waals surface area contributed by atoms with Crippen molar-refractivity contribution in [2.75, 3.05) is 13.2 Å². The number of allylic oxidation sites excluding steroid dienone is 14. The van der Waals surface area contributed by atoms with Gasteiger partial charge in [0.15, 0.2) is 6.10 Å². The highest BCUT2D eigenvalue weighted by molar-refractivity contribution is 5.71. The molecule has 0 heterocycles. The van der Waals surface area contributed by atoms with Crippen LogP contribution in [-0.4, -0.2) is 37.2 Å². The lowest BCUT2D eigenvalue weighted by atomic mass is 10.0. The van der Waals surface area contributed by atoms with Crippen LogP contribution in [0.2, 0.25) is 0 Å². The Morgan fingerprint density at radius 3 is 0.818 bits per heavy atom. The molecule has 0 rings (SSSR count). The fraction of sp³-hybridized carbons (Fsp3) is 0.761. The first-order chi connectivity index (χ1) is 38.0. The van der Waals surface area contributed by atoms with Gasteiger partial charge in [0.2, 0.25) is 0 Å². The molecule has 1 unspecified atom stereocenters. The summed E-state index contributed by atoms with van der Waals surface area (Å²) in [6.07, 6.45) is 86.0. The molecule has 0 N–H and O–H groups in total. The van der Waals surface area contributed by atoms with Crippen molar-refractivity contribution in [1.82, 2.24) is 0 Å². The lowest BCUT2D eigenvalue weighted by molar-refractivity contribution is -0.167. The highest BCUT2D eigenvalue weighted by Gasteiger charge is 2.19.